The molecule has 0 saturated carbocycles. The van der Waals surface area contributed by atoms with E-state index in [2.05, 4.69) is 0 Å². The van der Waals surface area contributed by atoms with Gasteiger partial charge >= 0.3 is 5.97 Å². The van der Waals surface area contributed by atoms with E-state index in [0.717, 1.165) is 5.56 Å². The van der Waals surface area contributed by atoms with Crippen molar-refractivity contribution in [3.05, 3.63) is 52.2 Å². The van der Waals surface area contributed by atoms with E-state index in [1.165, 1.54) is 11.3 Å². The van der Waals surface area contributed by atoms with Crippen molar-refractivity contribution >= 4 is 17.3 Å². The minimum absolute atomic E-state index is 0.308. The van der Waals surface area contributed by atoms with Gasteiger partial charge in [0.25, 0.3) is 0 Å². The zero-order valence-electron chi connectivity index (χ0n) is 8.27. The minimum Gasteiger partial charge on any atom is -0.422 e. The Bertz CT molecular complexity index is 459. The maximum Gasteiger partial charge on any atom is 0.343 e. The first-order chi connectivity index (χ1) is 7.27. The lowest BCUT2D eigenvalue weighted by molar-refractivity contribution is 0.0734. The molecule has 0 bridgehead atoms. The van der Waals surface area contributed by atoms with E-state index < -0.39 is 0 Å². The molecule has 0 atom stereocenters. The van der Waals surface area contributed by atoms with Crippen LogP contribution in [0.4, 0.5) is 0 Å². The standard InChI is InChI=1S/C12H10O2S/c1-9-7-15-8-11(9)14-12(13)10-5-3-2-4-6-10/h2-8H,1H3. The molecule has 2 aromatic rings. The summed E-state index contributed by atoms with van der Waals surface area (Å²) in [5.74, 6) is 0.339. The number of benzene rings is 1. The van der Waals surface area contributed by atoms with E-state index >= 15 is 0 Å². The number of hydrogen-bond donors (Lipinski definition) is 0. The quantitative estimate of drug-likeness (QED) is 0.723. The summed E-state index contributed by atoms with van der Waals surface area (Å²) in [5.41, 5.74) is 1.56. The number of thiophene rings is 1. The zero-order valence-corrected chi connectivity index (χ0v) is 9.08. The van der Waals surface area contributed by atoms with E-state index in [1.54, 1.807) is 12.1 Å². The monoisotopic (exact) mass is 218 g/mol. The Balaban J connectivity index is 2.15. The summed E-state index contributed by atoms with van der Waals surface area (Å²) in [6, 6.07) is 8.98. The first kappa shape index (κ1) is 9.93. The normalized spacial score (nSPS) is 9.93. The molecule has 76 valence electrons. The van der Waals surface area contributed by atoms with Gasteiger partial charge in [0, 0.05) is 10.9 Å². The molecule has 1 heterocycles. The predicted molar refractivity (Wildman–Crippen MR) is 60.5 cm³/mol. The summed E-state index contributed by atoms with van der Waals surface area (Å²) >= 11 is 1.53. The molecule has 0 radical (unpaired) electrons. The van der Waals surface area contributed by atoms with E-state index in [-0.39, 0.29) is 5.97 Å². The van der Waals surface area contributed by atoms with Crippen LogP contribution >= 0.6 is 11.3 Å². The van der Waals surface area contributed by atoms with Gasteiger partial charge in [-0.25, -0.2) is 4.79 Å². The summed E-state index contributed by atoms with van der Waals surface area (Å²) in [4.78, 5) is 11.6. The van der Waals surface area contributed by atoms with Crippen molar-refractivity contribution in [2.24, 2.45) is 0 Å². The SMILES string of the molecule is Cc1cscc1OC(=O)c1ccccc1. The van der Waals surface area contributed by atoms with Crippen LogP contribution in [-0.2, 0) is 0 Å². The Hall–Kier alpha value is -1.61. The average molecular weight is 218 g/mol. The number of rotatable bonds is 2. The van der Waals surface area contributed by atoms with Crippen LogP contribution in [-0.4, -0.2) is 5.97 Å². The van der Waals surface area contributed by atoms with Crippen LogP contribution in [0.2, 0.25) is 0 Å². The summed E-state index contributed by atoms with van der Waals surface area (Å²) in [6.45, 7) is 1.92. The topological polar surface area (TPSA) is 26.3 Å². The third kappa shape index (κ3) is 2.25. The number of carbonyl (C=O) groups is 1. The molecule has 1 aromatic carbocycles. The van der Waals surface area contributed by atoms with Gasteiger partial charge in [-0.05, 0) is 24.4 Å². The van der Waals surface area contributed by atoms with Crippen molar-refractivity contribution in [3.63, 3.8) is 0 Å². The first-order valence-corrected chi connectivity index (χ1v) is 5.51. The van der Waals surface area contributed by atoms with Crippen LogP contribution in [0, 0.1) is 6.92 Å². The molecular weight excluding hydrogens is 208 g/mol. The highest BCUT2D eigenvalue weighted by Gasteiger charge is 2.09. The fourth-order valence-electron chi connectivity index (χ4n) is 1.19. The Kier molecular flexibility index (Phi) is 2.83. The van der Waals surface area contributed by atoms with Gasteiger partial charge in [0.1, 0.15) is 5.75 Å². The molecule has 1 aromatic heterocycles. The number of esters is 1. The molecule has 0 aliphatic carbocycles. The minimum atomic E-state index is -0.308. The molecule has 0 spiro atoms. The van der Waals surface area contributed by atoms with Gasteiger partial charge in [-0.3, -0.25) is 0 Å². The molecule has 3 heteroatoms. The zero-order chi connectivity index (χ0) is 10.7. The van der Waals surface area contributed by atoms with Gasteiger partial charge in [0.2, 0.25) is 0 Å². The Morgan fingerprint density at radius 2 is 1.93 bits per heavy atom. The second kappa shape index (κ2) is 4.28. The van der Waals surface area contributed by atoms with Crippen molar-refractivity contribution in [2.45, 2.75) is 6.92 Å². The van der Waals surface area contributed by atoms with Crippen molar-refractivity contribution in [1.29, 1.82) is 0 Å². The molecule has 0 saturated heterocycles. The second-order valence-electron chi connectivity index (χ2n) is 3.17. The summed E-state index contributed by atoms with van der Waals surface area (Å²) in [6.07, 6.45) is 0. The summed E-state index contributed by atoms with van der Waals surface area (Å²) in [7, 11) is 0. The number of carbonyl (C=O) groups excluding carboxylic acids is 1. The highest BCUT2D eigenvalue weighted by molar-refractivity contribution is 7.08. The molecule has 2 rings (SSSR count). The Morgan fingerprint density at radius 3 is 2.53 bits per heavy atom. The molecule has 0 aliphatic heterocycles. The molecule has 0 amide bonds. The van der Waals surface area contributed by atoms with Crippen LogP contribution in [0.25, 0.3) is 0 Å². The van der Waals surface area contributed by atoms with Crippen molar-refractivity contribution < 1.29 is 9.53 Å². The van der Waals surface area contributed by atoms with Gasteiger partial charge in [-0.1, -0.05) is 18.2 Å². The lowest BCUT2D eigenvalue weighted by Gasteiger charge is -2.02. The van der Waals surface area contributed by atoms with E-state index in [4.69, 9.17) is 4.74 Å². The fourth-order valence-corrected chi connectivity index (χ4v) is 1.93. The highest BCUT2D eigenvalue weighted by Crippen LogP contribution is 2.23. The Labute approximate surface area is 92.1 Å². The van der Waals surface area contributed by atoms with E-state index in [1.807, 2.05) is 35.9 Å². The largest absolute Gasteiger partial charge is 0.422 e. The van der Waals surface area contributed by atoms with Gasteiger partial charge in [0.15, 0.2) is 0 Å². The molecule has 15 heavy (non-hydrogen) atoms. The second-order valence-corrected chi connectivity index (χ2v) is 3.92. The highest BCUT2D eigenvalue weighted by atomic mass is 32.1. The van der Waals surface area contributed by atoms with E-state index in [0.29, 0.717) is 11.3 Å². The summed E-state index contributed by atoms with van der Waals surface area (Å²) < 4.78 is 5.24. The first-order valence-electron chi connectivity index (χ1n) is 4.57. The average Bonchev–Trinajstić information content (AvgIpc) is 2.66. The molecule has 0 aliphatic rings. The molecule has 0 fully saturated rings. The van der Waals surface area contributed by atoms with Gasteiger partial charge in [-0.15, -0.1) is 11.3 Å². The molecule has 0 unspecified atom stereocenters. The number of aryl methyl sites for hydroxylation is 1. The summed E-state index contributed by atoms with van der Waals surface area (Å²) in [5, 5.41) is 3.78. The van der Waals surface area contributed by atoms with Crippen molar-refractivity contribution in [1.82, 2.24) is 0 Å². The van der Waals surface area contributed by atoms with Crippen molar-refractivity contribution in [3.8, 4) is 5.75 Å². The fraction of sp³-hybridized carbons (Fsp3) is 0.0833. The molecular formula is C12H10O2S. The number of ether oxygens (including phenoxy) is 1. The van der Waals surface area contributed by atoms with Crippen LogP contribution in [0.3, 0.4) is 0 Å². The number of hydrogen-bond acceptors (Lipinski definition) is 3. The molecule has 2 nitrogen and oxygen atoms in total. The lowest BCUT2D eigenvalue weighted by Crippen LogP contribution is -2.08. The smallest absolute Gasteiger partial charge is 0.343 e. The van der Waals surface area contributed by atoms with E-state index in [9.17, 15) is 4.79 Å². The molecule has 0 N–H and O–H groups in total. The maximum atomic E-state index is 11.6. The van der Waals surface area contributed by atoms with Crippen LogP contribution in [0.5, 0.6) is 5.75 Å². The van der Waals surface area contributed by atoms with Crippen LogP contribution in [0.15, 0.2) is 41.1 Å². The van der Waals surface area contributed by atoms with Crippen LogP contribution in [0.1, 0.15) is 15.9 Å². The maximum absolute atomic E-state index is 11.6. The third-order valence-electron chi connectivity index (χ3n) is 2.02. The predicted octanol–water partition coefficient (Wildman–Crippen LogP) is 3.28. The van der Waals surface area contributed by atoms with Crippen molar-refractivity contribution in [2.75, 3.05) is 0 Å². The van der Waals surface area contributed by atoms with Gasteiger partial charge in [0.05, 0.1) is 5.56 Å². The van der Waals surface area contributed by atoms with Gasteiger partial charge in [-0.2, -0.15) is 0 Å². The third-order valence-corrected chi connectivity index (χ3v) is 2.86. The van der Waals surface area contributed by atoms with Gasteiger partial charge < -0.3 is 4.74 Å². The Morgan fingerprint density at radius 1 is 1.20 bits per heavy atom. The van der Waals surface area contributed by atoms with Crippen LogP contribution < -0.4 is 4.74 Å². The lowest BCUT2D eigenvalue weighted by atomic mass is 10.2.